The van der Waals surface area contributed by atoms with Crippen molar-refractivity contribution in [3.8, 4) is 0 Å². The summed E-state index contributed by atoms with van der Waals surface area (Å²) in [7, 11) is 0. The molecule has 0 spiro atoms. The van der Waals surface area contributed by atoms with Crippen LogP contribution in [-0.4, -0.2) is 34.4 Å². The van der Waals surface area contributed by atoms with Crippen LogP contribution in [0, 0.1) is 0 Å². The smallest absolute Gasteiger partial charge is 0.170 e. The molecule has 2 saturated heterocycles. The Morgan fingerprint density at radius 1 is 1.16 bits per heavy atom. The molecule has 5 nitrogen and oxygen atoms in total. The maximum Gasteiger partial charge on any atom is 0.170 e. The van der Waals surface area contributed by atoms with Crippen molar-refractivity contribution < 1.29 is 9.53 Å². The van der Waals surface area contributed by atoms with Crippen LogP contribution in [0.5, 0.6) is 0 Å². The SMILES string of the molecule is O=C(Cc1ccc([C@@H]2O[C@H]3CN[C@@H]2C3)cc1)c1cnc(C2CC2)nc1. The van der Waals surface area contributed by atoms with Crippen LogP contribution in [-0.2, 0) is 11.2 Å². The van der Waals surface area contributed by atoms with E-state index in [0.717, 1.165) is 24.4 Å². The van der Waals surface area contributed by atoms with Crippen molar-refractivity contribution in [3.63, 3.8) is 0 Å². The van der Waals surface area contributed by atoms with Gasteiger partial charge in [0, 0.05) is 37.3 Å². The fourth-order valence-corrected chi connectivity index (χ4v) is 3.83. The van der Waals surface area contributed by atoms with E-state index in [-0.39, 0.29) is 11.9 Å². The minimum atomic E-state index is 0.0629. The summed E-state index contributed by atoms with van der Waals surface area (Å²) in [4.78, 5) is 21.1. The number of fused-ring (bicyclic) bond motifs is 2. The molecule has 5 heteroatoms. The Bertz CT molecular complexity index is 784. The van der Waals surface area contributed by atoms with Crippen molar-refractivity contribution in [3.05, 3.63) is 59.2 Å². The highest BCUT2D eigenvalue weighted by atomic mass is 16.5. The van der Waals surface area contributed by atoms with E-state index in [4.69, 9.17) is 4.74 Å². The number of rotatable bonds is 5. The first-order valence-corrected chi connectivity index (χ1v) is 9.09. The number of aromatic nitrogens is 2. The first-order valence-electron chi connectivity index (χ1n) is 9.09. The lowest BCUT2D eigenvalue weighted by atomic mass is 9.99. The molecule has 25 heavy (non-hydrogen) atoms. The van der Waals surface area contributed by atoms with Gasteiger partial charge in [0.15, 0.2) is 5.78 Å². The third-order valence-electron chi connectivity index (χ3n) is 5.44. The number of benzene rings is 1. The molecular formula is C20H21N3O2. The Kier molecular flexibility index (Phi) is 3.64. The molecule has 1 aliphatic carbocycles. The molecule has 2 aromatic rings. The summed E-state index contributed by atoms with van der Waals surface area (Å²) in [6, 6.07) is 8.66. The summed E-state index contributed by atoms with van der Waals surface area (Å²) in [6.07, 6.45) is 7.66. The van der Waals surface area contributed by atoms with Crippen molar-refractivity contribution in [2.24, 2.45) is 0 Å². The zero-order valence-corrected chi connectivity index (χ0v) is 14.0. The highest BCUT2D eigenvalue weighted by Gasteiger charge is 2.41. The van der Waals surface area contributed by atoms with E-state index >= 15 is 0 Å². The van der Waals surface area contributed by atoms with Gasteiger partial charge in [0.25, 0.3) is 0 Å². The predicted molar refractivity (Wildman–Crippen MR) is 92.5 cm³/mol. The molecule has 3 fully saturated rings. The molecule has 1 aromatic carbocycles. The lowest BCUT2D eigenvalue weighted by Gasteiger charge is -2.23. The number of hydrogen-bond donors (Lipinski definition) is 1. The molecule has 1 aromatic heterocycles. The third kappa shape index (κ3) is 2.98. The van der Waals surface area contributed by atoms with Crippen LogP contribution < -0.4 is 5.32 Å². The molecule has 0 unspecified atom stereocenters. The Labute approximate surface area is 146 Å². The topological polar surface area (TPSA) is 64.1 Å². The fourth-order valence-electron chi connectivity index (χ4n) is 3.83. The van der Waals surface area contributed by atoms with Gasteiger partial charge in [-0.05, 0) is 30.4 Å². The van der Waals surface area contributed by atoms with E-state index in [1.165, 1.54) is 18.4 Å². The van der Waals surface area contributed by atoms with Crippen LogP contribution in [0.2, 0.25) is 0 Å². The number of nitrogens with one attached hydrogen (secondary N) is 1. The summed E-state index contributed by atoms with van der Waals surface area (Å²) in [5.41, 5.74) is 2.79. The Morgan fingerprint density at radius 3 is 2.52 bits per heavy atom. The maximum absolute atomic E-state index is 12.4. The highest BCUT2D eigenvalue weighted by molar-refractivity contribution is 5.96. The lowest BCUT2D eigenvalue weighted by Crippen LogP contribution is -2.33. The third-order valence-corrected chi connectivity index (χ3v) is 5.44. The van der Waals surface area contributed by atoms with E-state index in [9.17, 15) is 4.79 Å². The summed E-state index contributed by atoms with van der Waals surface area (Å²) >= 11 is 0. The minimum absolute atomic E-state index is 0.0629. The standard InChI is InChI=1S/C20H21N3O2/c24-18(15-9-22-20(23-10-15)14-5-6-14)7-12-1-3-13(4-2-12)19-17-8-16(25-19)11-21-17/h1-4,9-10,14,16-17,19,21H,5-8,11H2/t16-,17-,19+/m1/s1. The summed E-state index contributed by atoms with van der Waals surface area (Å²) < 4.78 is 6.03. The van der Waals surface area contributed by atoms with Crippen molar-refractivity contribution >= 4 is 5.78 Å². The number of ether oxygens (including phenoxy) is 1. The van der Waals surface area contributed by atoms with Crippen LogP contribution in [0.1, 0.15) is 58.6 Å². The van der Waals surface area contributed by atoms with Gasteiger partial charge in [0.1, 0.15) is 5.82 Å². The Hall–Kier alpha value is -2.11. The number of nitrogens with zero attached hydrogens (tertiary/aromatic N) is 2. The van der Waals surface area contributed by atoms with Crippen molar-refractivity contribution in [2.75, 3.05) is 6.54 Å². The second kappa shape index (κ2) is 6.00. The van der Waals surface area contributed by atoms with Crippen LogP contribution in [0.4, 0.5) is 0 Å². The summed E-state index contributed by atoms with van der Waals surface area (Å²) in [5.74, 6) is 1.45. The summed E-state index contributed by atoms with van der Waals surface area (Å²) in [5, 5.41) is 3.50. The average Bonchev–Trinajstić information content (AvgIpc) is 3.29. The summed E-state index contributed by atoms with van der Waals surface area (Å²) in [6.45, 7) is 0.968. The van der Waals surface area contributed by atoms with E-state index in [1.54, 1.807) is 12.4 Å². The number of morpholine rings is 1. The van der Waals surface area contributed by atoms with Crippen LogP contribution in [0.25, 0.3) is 0 Å². The first kappa shape index (κ1) is 15.2. The maximum atomic E-state index is 12.4. The first-order chi connectivity index (χ1) is 12.3. The van der Waals surface area contributed by atoms with Gasteiger partial charge in [0.05, 0.1) is 17.8 Å². The van der Waals surface area contributed by atoms with Gasteiger partial charge < -0.3 is 10.1 Å². The van der Waals surface area contributed by atoms with Gasteiger partial charge in [-0.2, -0.15) is 0 Å². The molecule has 3 aliphatic rings. The Morgan fingerprint density at radius 2 is 1.92 bits per heavy atom. The van der Waals surface area contributed by atoms with Gasteiger partial charge in [-0.15, -0.1) is 0 Å². The van der Waals surface area contributed by atoms with E-state index in [0.29, 0.717) is 30.0 Å². The largest absolute Gasteiger partial charge is 0.367 e. The van der Waals surface area contributed by atoms with E-state index in [2.05, 4.69) is 27.4 Å². The zero-order chi connectivity index (χ0) is 16.8. The highest BCUT2D eigenvalue weighted by Crippen LogP contribution is 2.38. The van der Waals surface area contributed by atoms with E-state index < -0.39 is 0 Å². The molecule has 1 saturated carbocycles. The molecule has 128 valence electrons. The molecule has 1 N–H and O–H groups in total. The number of Topliss-reactive ketones (excluding diaryl/α,β-unsaturated/α-hetero) is 1. The number of ketones is 1. The van der Waals surface area contributed by atoms with Crippen LogP contribution in [0.3, 0.4) is 0 Å². The molecule has 0 amide bonds. The number of carbonyl (C=O) groups excluding carboxylic acids is 1. The lowest BCUT2D eigenvalue weighted by molar-refractivity contribution is 0.0160. The average molecular weight is 335 g/mol. The predicted octanol–water partition coefficient (Wildman–Crippen LogP) is 2.58. The molecule has 2 bridgehead atoms. The van der Waals surface area contributed by atoms with E-state index in [1.807, 2.05) is 12.1 Å². The van der Waals surface area contributed by atoms with Gasteiger partial charge in [-0.1, -0.05) is 24.3 Å². The molecule has 5 rings (SSSR count). The monoisotopic (exact) mass is 335 g/mol. The van der Waals surface area contributed by atoms with Crippen molar-refractivity contribution in [1.82, 2.24) is 15.3 Å². The Balaban J connectivity index is 1.25. The van der Waals surface area contributed by atoms with Crippen LogP contribution in [0.15, 0.2) is 36.7 Å². The van der Waals surface area contributed by atoms with Gasteiger partial charge in [-0.25, -0.2) is 9.97 Å². The van der Waals surface area contributed by atoms with Crippen molar-refractivity contribution in [1.29, 1.82) is 0 Å². The molecule has 3 heterocycles. The number of hydrogen-bond acceptors (Lipinski definition) is 5. The second-order valence-corrected chi connectivity index (χ2v) is 7.37. The normalized spacial score (nSPS) is 27.6. The molecular weight excluding hydrogens is 314 g/mol. The van der Waals surface area contributed by atoms with Gasteiger partial charge >= 0.3 is 0 Å². The second-order valence-electron chi connectivity index (χ2n) is 7.37. The molecule has 2 aliphatic heterocycles. The molecule has 0 radical (unpaired) electrons. The minimum Gasteiger partial charge on any atom is -0.367 e. The van der Waals surface area contributed by atoms with Gasteiger partial charge in [-0.3, -0.25) is 4.79 Å². The zero-order valence-electron chi connectivity index (χ0n) is 14.0. The van der Waals surface area contributed by atoms with Gasteiger partial charge in [0.2, 0.25) is 0 Å². The van der Waals surface area contributed by atoms with Crippen molar-refractivity contribution in [2.45, 2.75) is 49.9 Å². The fraction of sp³-hybridized carbons (Fsp3) is 0.450. The number of carbonyl (C=O) groups is 1. The molecule has 3 atom stereocenters. The quantitative estimate of drug-likeness (QED) is 0.851. The van der Waals surface area contributed by atoms with Crippen LogP contribution >= 0.6 is 0 Å².